The molecule has 8 radical (unpaired) electrons. The van der Waals surface area contributed by atoms with Gasteiger partial charge >= 0.3 is 0 Å². The van der Waals surface area contributed by atoms with Gasteiger partial charge in [-0.15, -0.1) is 0 Å². The van der Waals surface area contributed by atoms with Gasteiger partial charge in [-0.1, -0.05) is 70.4 Å². The zero-order valence-corrected chi connectivity index (χ0v) is 19.3. The average Bonchev–Trinajstić information content (AvgIpc) is 3.46. The Morgan fingerprint density at radius 2 is 1.00 bits per heavy atom. The highest BCUT2D eigenvalue weighted by Crippen LogP contribution is 2.32. The number of aromatic amines is 1. The Kier molecular flexibility index (Phi) is 4.56. The van der Waals surface area contributed by atoms with Crippen LogP contribution in [0.3, 0.4) is 0 Å². The van der Waals surface area contributed by atoms with Crippen LogP contribution in [0.5, 0.6) is 0 Å². The van der Waals surface area contributed by atoms with E-state index in [2.05, 4.69) is 23.2 Å². The van der Waals surface area contributed by atoms with E-state index in [1.165, 1.54) is 0 Å². The minimum absolute atomic E-state index is 0.405. The van der Waals surface area contributed by atoms with Crippen molar-refractivity contribution in [2.24, 2.45) is 0 Å². The van der Waals surface area contributed by atoms with Crippen molar-refractivity contribution in [3.05, 3.63) is 84.9 Å². The van der Waals surface area contributed by atoms with E-state index in [9.17, 15) is 0 Å². The van der Waals surface area contributed by atoms with Crippen molar-refractivity contribution in [3.63, 3.8) is 0 Å². The summed E-state index contributed by atoms with van der Waals surface area (Å²) in [7, 11) is 26.6. The minimum atomic E-state index is 0.405. The topological polar surface area (TPSA) is 28.9 Å². The fraction of sp³-hybridized carbons (Fsp3) is 0. The van der Waals surface area contributed by atoms with Crippen molar-refractivity contribution in [3.8, 4) is 22.3 Å². The summed E-state index contributed by atoms with van der Waals surface area (Å²) < 4.78 is 5.97. The molecule has 2 heterocycles. The van der Waals surface area contributed by atoms with Gasteiger partial charge in [0.1, 0.15) is 42.6 Å². The first-order chi connectivity index (χ1) is 17.5. The monoisotopic (exact) mass is 449 g/mol. The molecular weight excluding hydrogens is 434 g/mol. The highest BCUT2D eigenvalue weighted by atomic mass is 16.3. The van der Waals surface area contributed by atoms with Crippen LogP contribution in [0.15, 0.2) is 89.3 Å². The van der Waals surface area contributed by atoms with Crippen LogP contribution in [0.25, 0.3) is 66.0 Å². The Morgan fingerprint density at radius 3 is 1.72 bits per heavy atom. The number of nitrogens with one attached hydrogen (secondary N) is 1. The van der Waals surface area contributed by atoms with Crippen LogP contribution in [-0.4, -0.2) is 36.4 Å². The van der Waals surface area contributed by atoms with E-state index >= 15 is 0 Å². The third-order valence-corrected chi connectivity index (χ3v) is 7.12. The van der Waals surface area contributed by atoms with Gasteiger partial charge in [0.15, 0.2) is 0 Å². The Hall–Kier alpha value is -4.04. The molecule has 0 unspecified atom stereocenters. The molecule has 0 fully saturated rings. The Balaban J connectivity index is 1.44. The maximum atomic E-state index is 6.65. The standard InChI is InChI=1S/C30H15B4NO/c31-27-25(15-9-11-22-19(13-15)17-5-1-3-7-21(17)35-22)28(32)30(34)26(29(27)33)16-10-12-24-20(14-16)18-6-2-4-8-23(18)36-24/h1-14,35H. The van der Waals surface area contributed by atoms with E-state index in [4.69, 9.17) is 35.8 Å². The first-order valence-corrected chi connectivity index (χ1v) is 11.7. The number of para-hydroxylation sites is 2. The van der Waals surface area contributed by atoms with Gasteiger partial charge in [-0.3, -0.25) is 0 Å². The van der Waals surface area contributed by atoms with Gasteiger partial charge in [-0.25, -0.2) is 0 Å². The molecule has 36 heavy (non-hydrogen) atoms. The van der Waals surface area contributed by atoms with Gasteiger partial charge in [-0.05, 0) is 58.7 Å². The smallest absolute Gasteiger partial charge is 0.135 e. The normalized spacial score (nSPS) is 11.8. The van der Waals surface area contributed by atoms with Crippen molar-refractivity contribution >= 4 is 97.0 Å². The highest BCUT2D eigenvalue weighted by Gasteiger charge is 2.18. The van der Waals surface area contributed by atoms with E-state index in [0.29, 0.717) is 33.0 Å². The number of rotatable bonds is 2. The van der Waals surface area contributed by atoms with Gasteiger partial charge in [0, 0.05) is 32.6 Å². The fourth-order valence-electron chi connectivity index (χ4n) is 5.34. The molecule has 0 bridgehead atoms. The molecule has 5 aromatic carbocycles. The number of hydrogen-bond donors (Lipinski definition) is 1. The number of fused-ring (bicyclic) bond motifs is 6. The van der Waals surface area contributed by atoms with Gasteiger partial charge in [0.25, 0.3) is 0 Å². The van der Waals surface area contributed by atoms with Crippen molar-refractivity contribution in [2.45, 2.75) is 0 Å². The lowest BCUT2D eigenvalue weighted by Crippen LogP contribution is -2.44. The Labute approximate surface area is 213 Å². The SMILES string of the molecule is [B]c1c([B])c(-c2ccc3oc4ccccc4c3c2)c([B])c([B])c1-c1ccc2[nH]c3ccccc3c2c1. The molecule has 0 aliphatic heterocycles. The first kappa shape index (κ1) is 21.3. The molecule has 0 saturated heterocycles. The molecule has 0 aliphatic rings. The van der Waals surface area contributed by atoms with Crippen molar-refractivity contribution < 1.29 is 4.42 Å². The van der Waals surface area contributed by atoms with Gasteiger partial charge in [0.2, 0.25) is 0 Å². The zero-order valence-electron chi connectivity index (χ0n) is 19.3. The molecule has 0 amide bonds. The highest BCUT2D eigenvalue weighted by molar-refractivity contribution is 6.62. The summed E-state index contributed by atoms with van der Waals surface area (Å²) in [6.07, 6.45) is 0. The number of aromatic nitrogens is 1. The minimum Gasteiger partial charge on any atom is -0.456 e. The molecule has 2 nitrogen and oxygen atoms in total. The van der Waals surface area contributed by atoms with Crippen LogP contribution in [0.4, 0.5) is 0 Å². The largest absolute Gasteiger partial charge is 0.456 e. The second kappa shape index (κ2) is 7.73. The summed E-state index contributed by atoms with van der Waals surface area (Å²) in [4.78, 5) is 3.44. The maximum Gasteiger partial charge on any atom is 0.135 e. The van der Waals surface area contributed by atoms with E-state index < -0.39 is 0 Å². The van der Waals surface area contributed by atoms with Crippen molar-refractivity contribution in [2.75, 3.05) is 0 Å². The third kappa shape index (κ3) is 2.97. The predicted molar refractivity (Wildman–Crippen MR) is 156 cm³/mol. The summed E-state index contributed by atoms with van der Waals surface area (Å²) in [5.41, 5.74) is 8.34. The number of furan rings is 1. The Bertz CT molecular complexity index is 1830. The molecule has 0 atom stereocenters. The quantitative estimate of drug-likeness (QED) is 0.401. The van der Waals surface area contributed by atoms with Crippen LogP contribution >= 0.6 is 0 Å². The van der Waals surface area contributed by atoms with Crippen LogP contribution in [0.2, 0.25) is 0 Å². The third-order valence-electron chi connectivity index (χ3n) is 7.12. The van der Waals surface area contributed by atoms with Gasteiger partial charge in [-0.2, -0.15) is 0 Å². The molecule has 1 N–H and O–H groups in total. The maximum absolute atomic E-state index is 6.65. The molecule has 0 saturated carbocycles. The van der Waals surface area contributed by atoms with Crippen molar-refractivity contribution in [1.29, 1.82) is 0 Å². The molecule has 0 spiro atoms. The van der Waals surface area contributed by atoms with Crippen LogP contribution < -0.4 is 21.9 Å². The van der Waals surface area contributed by atoms with Crippen LogP contribution in [-0.2, 0) is 0 Å². The number of hydrogen-bond acceptors (Lipinski definition) is 1. The number of benzene rings is 5. The lowest BCUT2D eigenvalue weighted by molar-refractivity contribution is 0.669. The first-order valence-electron chi connectivity index (χ1n) is 11.7. The van der Waals surface area contributed by atoms with Crippen LogP contribution in [0.1, 0.15) is 0 Å². The summed E-state index contributed by atoms with van der Waals surface area (Å²) >= 11 is 0. The summed E-state index contributed by atoms with van der Waals surface area (Å²) in [6, 6.07) is 28.1. The van der Waals surface area contributed by atoms with E-state index in [1.54, 1.807) is 0 Å². The van der Waals surface area contributed by atoms with Crippen molar-refractivity contribution in [1.82, 2.24) is 4.98 Å². The lowest BCUT2D eigenvalue weighted by Gasteiger charge is -2.23. The number of H-pyrrole nitrogens is 1. The zero-order chi connectivity index (χ0) is 24.6. The summed E-state index contributed by atoms with van der Waals surface area (Å²) in [6.45, 7) is 0. The van der Waals surface area contributed by atoms with E-state index in [-0.39, 0.29) is 0 Å². The van der Waals surface area contributed by atoms with E-state index in [0.717, 1.165) is 54.9 Å². The van der Waals surface area contributed by atoms with E-state index in [1.807, 2.05) is 66.7 Å². The predicted octanol–water partition coefficient (Wildman–Crippen LogP) is 3.73. The average molecular weight is 449 g/mol. The molecule has 0 aliphatic carbocycles. The molecular formula is C30H15B4NO. The molecule has 7 rings (SSSR count). The second-order valence-corrected chi connectivity index (χ2v) is 9.14. The Morgan fingerprint density at radius 1 is 0.472 bits per heavy atom. The fourth-order valence-corrected chi connectivity index (χ4v) is 5.34. The summed E-state index contributed by atoms with van der Waals surface area (Å²) in [5, 5.41) is 4.22. The van der Waals surface area contributed by atoms with Gasteiger partial charge in [0.05, 0.1) is 0 Å². The van der Waals surface area contributed by atoms with Gasteiger partial charge < -0.3 is 9.40 Å². The van der Waals surface area contributed by atoms with Crippen LogP contribution in [0, 0.1) is 0 Å². The molecule has 6 heteroatoms. The summed E-state index contributed by atoms with van der Waals surface area (Å²) in [5.74, 6) is 0. The molecule has 7 aromatic rings. The molecule has 2 aromatic heterocycles. The lowest BCUT2D eigenvalue weighted by atomic mass is 9.62. The molecule has 158 valence electrons. The second-order valence-electron chi connectivity index (χ2n) is 9.14.